The summed E-state index contributed by atoms with van der Waals surface area (Å²) >= 11 is 0. The number of para-hydroxylation sites is 1. The number of ether oxygens (including phenoxy) is 2. The van der Waals surface area contributed by atoms with Crippen LogP contribution in [0, 0.1) is 0 Å². The van der Waals surface area contributed by atoms with E-state index >= 15 is 0 Å². The van der Waals surface area contributed by atoms with Crippen molar-refractivity contribution in [3.05, 3.63) is 77.9 Å². The topological polar surface area (TPSA) is 39.5 Å². The van der Waals surface area contributed by atoms with Crippen LogP contribution in [0.25, 0.3) is 0 Å². The average molecular weight is 392 g/mol. The van der Waals surface area contributed by atoms with Crippen molar-refractivity contribution >= 4 is 0 Å². The minimum atomic E-state index is 0.278. The molecule has 1 aliphatic heterocycles. The number of rotatable bonds is 9. The third kappa shape index (κ3) is 4.98. The predicted octanol–water partition coefficient (Wildman–Crippen LogP) is 4.31. The summed E-state index contributed by atoms with van der Waals surface area (Å²) in [7, 11) is 1.74. The van der Waals surface area contributed by atoms with Crippen molar-refractivity contribution in [1.29, 1.82) is 0 Å². The molecule has 0 bridgehead atoms. The summed E-state index contributed by atoms with van der Waals surface area (Å²) in [6.07, 6.45) is 8.08. The van der Waals surface area contributed by atoms with E-state index in [0.717, 1.165) is 50.5 Å². The van der Waals surface area contributed by atoms with Crippen molar-refractivity contribution in [2.24, 2.45) is 0 Å². The molecule has 0 radical (unpaired) electrons. The van der Waals surface area contributed by atoms with E-state index < -0.39 is 0 Å². The van der Waals surface area contributed by atoms with Gasteiger partial charge in [0.25, 0.3) is 0 Å². The fraction of sp³-hybridized carbons (Fsp3) is 0.375. The summed E-state index contributed by atoms with van der Waals surface area (Å²) in [5, 5.41) is 0. The van der Waals surface area contributed by atoms with Gasteiger partial charge in [0.2, 0.25) is 0 Å². The van der Waals surface area contributed by atoms with Crippen LogP contribution in [0.3, 0.4) is 0 Å². The Balaban J connectivity index is 1.47. The lowest BCUT2D eigenvalue weighted by atomic mass is 10.1. The van der Waals surface area contributed by atoms with Crippen LogP contribution in [-0.2, 0) is 26.1 Å². The van der Waals surface area contributed by atoms with Gasteiger partial charge >= 0.3 is 0 Å². The van der Waals surface area contributed by atoms with Crippen LogP contribution in [-0.4, -0.2) is 34.2 Å². The van der Waals surface area contributed by atoms with Crippen LogP contribution in [0.5, 0.6) is 11.5 Å². The minimum Gasteiger partial charge on any atom is -0.496 e. The van der Waals surface area contributed by atoms with Crippen molar-refractivity contribution in [1.82, 2.24) is 14.5 Å². The van der Waals surface area contributed by atoms with E-state index in [2.05, 4.69) is 51.7 Å². The maximum atomic E-state index is 5.86. The highest BCUT2D eigenvalue weighted by Crippen LogP contribution is 2.30. The molecular weight excluding hydrogens is 362 g/mol. The zero-order valence-corrected chi connectivity index (χ0v) is 17.3. The van der Waals surface area contributed by atoms with Gasteiger partial charge in [0.1, 0.15) is 17.6 Å². The molecule has 29 heavy (non-hydrogen) atoms. The van der Waals surface area contributed by atoms with E-state index in [-0.39, 0.29) is 6.10 Å². The highest BCUT2D eigenvalue weighted by Gasteiger charge is 2.19. The van der Waals surface area contributed by atoms with Gasteiger partial charge in [-0.15, -0.1) is 0 Å². The summed E-state index contributed by atoms with van der Waals surface area (Å²) < 4.78 is 13.6. The van der Waals surface area contributed by atoms with Gasteiger partial charge < -0.3 is 14.0 Å². The van der Waals surface area contributed by atoms with Gasteiger partial charge in [0, 0.05) is 50.6 Å². The molecule has 1 aliphatic rings. The number of hydrogen-bond acceptors (Lipinski definition) is 4. The highest BCUT2D eigenvalue weighted by atomic mass is 16.5. The Labute approximate surface area is 172 Å². The molecule has 1 unspecified atom stereocenters. The highest BCUT2D eigenvalue weighted by molar-refractivity contribution is 5.40. The normalized spacial score (nSPS) is 15.3. The van der Waals surface area contributed by atoms with Crippen LogP contribution in [0.4, 0.5) is 0 Å². The predicted molar refractivity (Wildman–Crippen MR) is 114 cm³/mol. The van der Waals surface area contributed by atoms with Gasteiger partial charge in [0.05, 0.1) is 13.4 Å². The fourth-order valence-corrected chi connectivity index (χ4v) is 4.02. The quantitative estimate of drug-likeness (QED) is 0.545. The van der Waals surface area contributed by atoms with E-state index in [9.17, 15) is 0 Å². The SMILES string of the molecule is COc1ccccc1CN(CCCn1ccnc1)Cc1ccc2c(c1)CC(C)O2. The average Bonchev–Trinajstić information content (AvgIpc) is 3.36. The lowest BCUT2D eigenvalue weighted by Crippen LogP contribution is -2.25. The van der Waals surface area contributed by atoms with Crippen LogP contribution >= 0.6 is 0 Å². The molecule has 0 saturated carbocycles. The number of fused-ring (bicyclic) bond motifs is 1. The molecule has 0 N–H and O–H groups in total. The summed E-state index contributed by atoms with van der Waals surface area (Å²) in [5.74, 6) is 1.99. The molecule has 1 atom stereocenters. The Bertz CT molecular complexity index is 924. The molecule has 2 aromatic carbocycles. The summed E-state index contributed by atoms with van der Waals surface area (Å²) in [6, 6.07) is 14.9. The molecule has 3 aromatic rings. The van der Waals surface area contributed by atoms with Crippen molar-refractivity contribution in [3.63, 3.8) is 0 Å². The molecule has 0 fully saturated rings. The second-order valence-corrected chi connectivity index (χ2v) is 7.75. The molecule has 0 amide bonds. The molecule has 0 saturated heterocycles. The number of imidazole rings is 1. The monoisotopic (exact) mass is 391 g/mol. The Hall–Kier alpha value is -2.79. The maximum absolute atomic E-state index is 5.86. The Morgan fingerprint density at radius 3 is 2.93 bits per heavy atom. The first-order valence-electron chi connectivity index (χ1n) is 10.3. The summed E-state index contributed by atoms with van der Waals surface area (Å²) in [6.45, 7) is 5.86. The third-order valence-corrected chi connectivity index (χ3v) is 5.40. The maximum Gasteiger partial charge on any atom is 0.123 e. The van der Waals surface area contributed by atoms with Crippen LogP contribution in [0.2, 0.25) is 0 Å². The molecule has 0 spiro atoms. The molecule has 5 nitrogen and oxygen atoms in total. The molecule has 5 heteroatoms. The number of hydrogen-bond donors (Lipinski definition) is 0. The third-order valence-electron chi connectivity index (χ3n) is 5.40. The van der Waals surface area contributed by atoms with E-state index in [1.54, 1.807) is 7.11 Å². The van der Waals surface area contributed by atoms with E-state index in [1.165, 1.54) is 16.7 Å². The fourth-order valence-electron chi connectivity index (χ4n) is 4.02. The first-order chi connectivity index (χ1) is 14.2. The lowest BCUT2D eigenvalue weighted by Gasteiger charge is -2.24. The number of aryl methyl sites for hydroxylation is 1. The van der Waals surface area contributed by atoms with Crippen LogP contribution in [0.1, 0.15) is 30.0 Å². The zero-order chi connectivity index (χ0) is 20.1. The number of nitrogens with zero attached hydrogens (tertiary/aromatic N) is 3. The second kappa shape index (κ2) is 9.14. The Morgan fingerprint density at radius 2 is 2.10 bits per heavy atom. The zero-order valence-electron chi connectivity index (χ0n) is 17.3. The van der Waals surface area contributed by atoms with E-state index in [1.807, 2.05) is 30.9 Å². The smallest absolute Gasteiger partial charge is 0.123 e. The first kappa shape index (κ1) is 19.5. The molecule has 152 valence electrons. The summed E-state index contributed by atoms with van der Waals surface area (Å²) in [5.41, 5.74) is 3.88. The van der Waals surface area contributed by atoms with Crippen molar-refractivity contribution < 1.29 is 9.47 Å². The Morgan fingerprint density at radius 1 is 1.21 bits per heavy atom. The van der Waals surface area contributed by atoms with Crippen LogP contribution in [0.15, 0.2) is 61.2 Å². The largest absolute Gasteiger partial charge is 0.496 e. The van der Waals surface area contributed by atoms with Gasteiger partial charge in [0.15, 0.2) is 0 Å². The molecule has 4 rings (SSSR count). The first-order valence-corrected chi connectivity index (χ1v) is 10.3. The minimum absolute atomic E-state index is 0.278. The number of methoxy groups -OCH3 is 1. The molecule has 1 aromatic heterocycles. The van der Waals surface area contributed by atoms with Crippen molar-refractivity contribution in [3.8, 4) is 11.5 Å². The van der Waals surface area contributed by atoms with E-state index in [4.69, 9.17) is 9.47 Å². The molecule has 2 heterocycles. The molecule has 0 aliphatic carbocycles. The number of aromatic nitrogens is 2. The van der Waals surface area contributed by atoms with Crippen molar-refractivity contribution in [2.75, 3.05) is 13.7 Å². The Kier molecular flexibility index (Phi) is 6.15. The van der Waals surface area contributed by atoms with Gasteiger partial charge in [-0.05, 0) is 36.6 Å². The van der Waals surface area contributed by atoms with Gasteiger partial charge in [-0.25, -0.2) is 4.98 Å². The van der Waals surface area contributed by atoms with E-state index in [0.29, 0.717) is 0 Å². The summed E-state index contributed by atoms with van der Waals surface area (Å²) in [4.78, 5) is 6.63. The van der Waals surface area contributed by atoms with Crippen LogP contribution < -0.4 is 9.47 Å². The molecular formula is C24H29N3O2. The standard InChI is InChI=1S/C24H29N3O2/c1-19-14-22-15-20(8-9-24(22)29-19)16-27(12-5-11-26-13-10-25-18-26)17-21-6-3-4-7-23(21)28-2/h3-4,6-10,13,15,18-19H,5,11-12,14,16-17H2,1-2H3. The van der Waals surface area contributed by atoms with Gasteiger partial charge in [-0.3, -0.25) is 4.90 Å². The number of benzene rings is 2. The van der Waals surface area contributed by atoms with Crippen molar-refractivity contribution in [2.45, 2.75) is 45.5 Å². The lowest BCUT2D eigenvalue weighted by molar-refractivity contribution is 0.244. The second-order valence-electron chi connectivity index (χ2n) is 7.75. The van der Waals surface area contributed by atoms with Gasteiger partial charge in [-0.1, -0.05) is 30.3 Å². The van der Waals surface area contributed by atoms with Gasteiger partial charge in [-0.2, -0.15) is 0 Å².